The number of nitrogens with one attached hydrogen (secondary N) is 1. The van der Waals surface area contributed by atoms with Crippen LogP contribution in [0.2, 0.25) is 0 Å². The minimum Gasteiger partial charge on any atom is -0.366 e. The number of sulfonamides is 1. The Hall–Kier alpha value is -1.21. The summed E-state index contributed by atoms with van der Waals surface area (Å²) in [4.78, 5) is 8.54. The second-order valence-corrected chi connectivity index (χ2v) is 8.90. The Morgan fingerprint density at radius 3 is 2.43 bits per heavy atom. The molecule has 0 aliphatic carbocycles. The lowest BCUT2D eigenvalue weighted by Crippen LogP contribution is -2.52. The number of piperazine rings is 1. The van der Waals surface area contributed by atoms with Crippen molar-refractivity contribution in [1.82, 2.24) is 14.5 Å². The normalized spacial score (nSPS) is 15.3. The molecule has 0 aromatic heterocycles. The molecule has 2 rings (SSSR count). The Kier molecular flexibility index (Phi) is 11.3. The first-order valence-electron chi connectivity index (χ1n) is 9.94. The minimum atomic E-state index is -3.19. The highest BCUT2D eigenvalue weighted by Crippen LogP contribution is 2.21. The molecular formula is C19H32F2IN5O2S. The molecule has 1 aromatic carbocycles. The smallest absolute Gasteiger partial charge is 0.211 e. The summed E-state index contributed by atoms with van der Waals surface area (Å²) in [5, 5.41) is 3.25. The molecule has 1 heterocycles. The van der Waals surface area contributed by atoms with Crippen molar-refractivity contribution in [1.29, 1.82) is 0 Å². The van der Waals surface area contributed by atoms with Crippen molar-refractivity contribution in [3.05, 3.63) is 29.8 Å². The van der Waals surface area contributed by atoms with E-state index in [1.807, 2.05) is 18.7 Å². The molecule has 1 N–H and O–H groups in total. The molecule has 172 valence electrons. The Morgan fingerprint density at radius 2 is 1.87 bits per heavy atom. The molecule has 0 saturated carbocycles. The third-order valence-corrected chi connectivity index (χ3v) is 6.19. The number of nitrogens with zero attached hydrogens (tertiary/aromatic N) is 4. The highest BCUT2D eigenvalue weighted by atomic mass is 127. The first-order valence-corrected chi connectivity index (χ1v) is 11.8. The first kappa shape index (κ1) is 26.8. The predicted octanol–water partition coefficient (Wildman–Crippen LogP) is 2.34. The van der Waals surface area contributed by atoms with E-state index in [1.54, 1.807) is 0 Å². The Labute approximate surface area is 195 Å². The monoisotopic (exact) mass is 559 g/mol. The van der Waals surface area contributed by atoms with Gasteiger partial charge in [-0.05, 0) is 25.5 Å². The molecule has 0 atom stereocenters. The van der Waals surface area contributed by atoms with Crippen molar-refractivity contribution in [3.8, 4) is 0 Å². The van der Waals surface area contributed by atoms with Gasteiger partial charge in [0.25, 0.3) is 0 Å². The fraction of sp³-hybridized carbons (Fsp3) is 0.632. The molecule has 0 spiro atoms. The van der Waals surface area contributed by atoms with Gasteiger partial charge < -0.3 is 15.1 Å². The molecule has 1 saturated heterocycles. The topological polar surface area (TPSA) is 68.2 Å². The van der Waals surface area contributed by atoms with Crippen LogP contribution in [0.25, 0.3) is 0 Å². The van der Waals surface area contributed by atoms with Crippen LogP contribution in [0.4, 0.5) is 14.5 Å². The summed E-state index contributed by atoms with van der Waals surface area (Å²) in [6, 6.07) is 3.50. The summed E-state index contributed by atoms with van der Waals surface area (Å²) >= 11 is 0. The van der Waals surface area contributed by atoms with Crippen molar-refractivity contribution < 1.29 is 17.2 Å². The second kappa shape index (κ2) is 12.6. The molecule has 0 unspecified atom stereocenters. The third-order valence-electron chi connectivity index (χ3n) is 4.81. The third kappa shape index (κ3) is 7.80. The van der Waals surface area contributed by atoms with Gasteiger partial charge in [0.2, 0.25) is 10.0 Å². The van der Waals surface area contributed by atoms with Crippen LogP contribution in [0, 0.1) is 11.6 Å². The average Bonchev–Trinajstić information content (AvgIpc) is 2.68. The molecule has 7 nitrogen and oxygen atoms in total. The second-order valence-electron chi connectivity index (χ2n) is 6.91. The maximum Gasteiger partial charge on any atom is 0.211 e. The number of halogens is 3. The molecule has 0 radical (unpaired) electrons. The van der Waals surface area contributed by atoms with Crippen LogP contribution < -0.4 is 10.2 Å². The van der Waals surface area contributed by atoms with Crippen LogP contribution in [0.5, 0.6) is 0 Å². The Bertz CT molecular complexity index is 802. The van der Waals surface area contributed by atoms with Crippen molar-refractivity contribution >= 4 is 45.6 Å². The minimum absolute atomic E-state index is 0. The molecule has 1 aliphatic heterocycles. The summed E-state index contributed by atoms with van der Waals surface area (Å²) in [5.74, 6) is -0.116. The van der Waals surface area contributed by atoms with Gasteiger partial charge in [-0.25, -0.2) is 21.5 Å². The number of hydrogen-bond donors (Lipinski definition) is 1. The predicted molar refractivity (Wildman–Crippen MR) is 128 cm³/mol. The fourth-order valence-corrected chi connectivity index (χ4v) is 4.23. The molecule has 1 aliphatic rings. The van der Waals surface area contributed by atoms with Crippen LogP contribution in [0.15, 0.2) is 23.2 Å². The van der Waals surface area contributed by atoms with Gasteiger partial charge in [0.1, 0.15) is 11.6 Å². The SMILES string of the molecule is CCNC(=NCCCN(CC)S(C)(=O)=O)N1CCN(c2cc(F)ccc2F)CC1.I. The van der Waals surface area contributed by atoms with Gasteiger partial charge in [0.05, 0.1) is 11.9 Å². The van der Waals surface area contributed by atoms with E-state index in [4.69, 9.17) is 0 Å². The summed E-state index contributed by atoms with van der Waals surface area (Å²) < 4.78 is 52.2. The number of aliphatic imine (C=N–C) groups is 1. The van der Waals surface area contributed by atoms with Gasteiger partial charge >= 0.3 is 0 Å². The zero-order chi connectivity index (χ0) is 21.4. The molecule has 11 heteroatoms. The standard InChI is InChI=1S/C19H31F2N5O2S.HI/c1-4-22-19(23-9-6-10-26(5-2)29(3,27)28)25-13-11-24(12-14-25)18-15-16(20)7-8-17(18)21;/h7-8,15H,4-6,9-14H2,1-3H3,(H,22,23);1H. The van der Waals surface area contributed by atoms with Crippen molar-refractivity contribution in [3.63, 3.8) is 0 Å². The largest absolute Gasteiger partial charge is 0.366 e. The maximum absolute atomic E-state index is 14.0. The lowest BCUT2D eigenvalue weighted by molar-refractivity contribution is 0.369. The van der Waals surface area contributed by atoms with Gasteiger partial charge in [-0.15, -0.1) is 24.0 Å². The average molecular weight is 559 g/mol. The Morgan fingerprint density at radius 1 is 1.20 bits per heavy atom. The van der Waals surface area contributed by atoms with Crippen molar-refractivity contribution in [2.75, 3.05) is 63.5 Å². The molecule has 0 bridgehead atoms. The number of guanidine groups is 1. The quantitative estimate of drug-likeness (QED) is 0.229. The van der Waals surface area contributed by atoms with E-state index in [1.165, 1.54) is 16.6 Å². The lowest BCUT2D eigenvalue weighted by Gasteiger charge is -2.37. The molecule has 0 amide bonds. The number of anilines is 1. The van der Waals surface area contributed by atoms with E-state index in [2.05, 4.69) is 15.2 Å². The van der Waals surface area contributed by atoms with Gasteiger partial charge in [0, 0.05) is 58.4 Å². The number of rotatable bonds is 8. The molecule has 30 heavy (non-hydrogen) atoms. The van der Waals surface area contributed by atoms with E-state index >= 15 is 0 Å². The zero-order valence-electron chi connectivity index (χ0n) is 17.8. The van der Waals surface area contributed by atoms with E-state index < -0.39 is 21.7 Å². The Balaban J connectivity index is 0.00000450. The van der Waals surface area contributed by atoms with Crippen LogP contribution in [-0.4, -0.2) is 82.2 Å². The maximum atomic E-state index is 14.0. The fourth-order valence-electron chi connectivity index (χ4n) is 3.30. The molecule has 1 fully saturated rings. The van der Waals surface area contributed by atoms with Gasteiger partial charge in [0.15, 0.2) is 5.96 Å². The highest BCUT2D eigenvalue weighted by Gasteiger charge is 2.22. The highest BCUT2D eigenvalue weighted by molar-refractivity contribution is 14.0. The van der Waals surface area contributed by atoms with Crippen LogP contribution in [0.1, 0.15) is 20.3 Å². The van der Waals surface area contributed by atoms with Crippen LogP contribution in [0.3, 0.4) is 0 Å². The number of benzene rings is 1. The number of hydrogen-bond acceptors (Lipinski definition) is 4. The van der Waals surface area contributed by atoms with Crippen LogP contribution >= 0.6 is 24.0 Å². The van der Waals surface area contributed by atoms with Crippen molar-refractivity contribution in [2.24, 2.45) is 4.99 Å². The van der Waals surface area contributed by atoms with Crippen molar-refractivity contribution in [2.45, 2.75) is 20.3 Å². The first-order chi connectivity index (χ1) is 13.8. The summed E-state index contributed by atoms with van der Waals surface area (Å²) in [6.45, 7) is 8.27. The van der Waals surface area contributed by atoms with Gasteiger partial charge in [-0.2, -0.15) is 0 Å². The summed E-state index contributed by atoms with van der Waals surface area (Å²) in [7, 11) is -3.19. The van der Waals surface area contributed by atoms with Gasteiger partial charge in [-0.3, -0.25) is 4.99 Å². The molecular weight excluding hydrogens is 527 g/mol. The van der Waals surface area contributed by atoms with E-state index in [-0.39, 0.29) is 29.7 Å². The van der Waals surface area contributed by atoms with Crippen LogP contribution in [-0.2, 0) is 10.0 Å². The summed E-state index contributed by atoms with van der Waals surface area (Å²) in [6.07, 6.45) is 1.84. The zero-order valence-corrected chi connectivity index (χ0v) is 20.9. The molecule has 1 aromatic rings. The van der Waals surface area contributed by atoms with Gasteiger partial charge in [-0.1, -0.05) is 6.92 Å². The van der Waals surface area contributed by atoms with E-state index in [9.17, 15) is 17.2 Å². The summed E-state index contributed by atoms with van der Waals surface area (Å²) in [5.41, 5.74) is 0.284. The van der Waals surface area contributed by atoms with E-state index in [0.717, 1.165) is 18.1 Å². The lowest BCUT2D eigenvalue weighted by atomic mass is 10.2. The van der Waals surface area contributed by atoms with E-state index in [0.29, 0.717) is 58.8 Å².